The van der Waals surface area contributed by atoms with Gasteiger partial charge in [0.2, 0.25) is 0 Å². The van der Waals surface area contributed by atoms with E-state index in [2.05, 4.69) is 27.9 Å². The first kappa shape index (κ1) is 9.78. The van der Waals surface area contributed by atoms with Crippen molar-refractivity contribution < 1.29 is 9.21 Å². The number of hydrogen-bond acceptors (Lipinski definition) is 4. The van der Waals surface area contributed by atoms with Crippen LogP contribution < -0.4 is 5.32 Å². The molecule has 1 amide bonds. The topological polar surface area (TPSA) is 66.1 Å². The summed E-state index contributed by atoms with van der Waals surface area (Å²) in [6, 6.07) is 3.60. The molecule has 1 aliphatic rings. The van der Waals surface area contributed by atoms with E-state index in [1.165, 1.54) is 0 Å². The van der Waals surface area contributed by atoms with Gasteiger partial charge in [-0.1, -0.05) is 0 Å². The number of carbonyl (C=O) groups excluding carboxylic acids is 1. The molecule has 1 aromatic heterocycles. The molecule has 0 radical (unpaired) electrons. The van der Waals surface area contributed by atoms with Crippen molar-refractivity contribution in [1.29, 1.82) is 5.41 Å². The van der Waals surface area contributed by atoms with Crippen molar-refractivity contribution in [1.82, 2.24) is 5.32 Å². The standard InChI is InChI=1S/C8H5IN2O2S/c9-6-2-1-4(13-6)3-5-7(12)11-8(10)14-5/h1-3H,(H2,10,11,12). The molecule has 0 unspecified atom stereocenters. The van der Waals surface area contributed by atoms with Gasteiger partial charge in [0.1, 0.15) is 5.76 Å². The van der Waals surface area contributed by atoms with E-state index in [-0.39, 0.29) is 11.1 Å². The molecule has 2 N–H and O–H groups in total. The van der Waals surface area contributed by atoms with Crippen molar-refractivity contribution in [3.05, 3.63) is 26.6 Å². The Kier molecular flexibility index (Phi) is 2.64. The Hall–Kier alpha value is -0.760. The number of carbonyl (C=O) groups is 1. The largest absolute Gasteiger partial charge is 0.451 e. The summed E-state index contributed by atoms with van der Waals surface area (Å²) in [6.45, 7) is 0. The number of amidine groups is 1. The van der Waals surface area contributed by atoms with E-state index in [0.29, 0.717) is 10.7 Å². The third-order valence-corrected chi connectivity index (χ3v) is 2.94. The summed E-state index contributed by atoms with van der Waals surface area (Å²) in [4.78, 5) is 11.7. The van der Waals surface area contributed by atoms with Gasteiger partial charge in [-0.3, -0.25) is 10.2 Å². The van der Waals surface area contributed by atoms with Crippen molar-refractivity contribution in [2.24, 2.45) is 0 Å². The van der Waals surface area contributed by atoms with Crippen LogP contribution in [-0.2, 0) is 4.79 Å². The van der Waals surface area contributed by atoms with E-state index >= 15 is 0 Å². The molecule has 14 heavy (non-hydrogen) atoms. The van der Waals surface area contributed by atoms with Crippen molar-refractivity contribution in [2.75, 3.05) is 0 Å². The zero-order chi connectivity index (χ0) is 10.1. The Morgan fingerprint density at radius 1 is 1.57 bits per heavy atom. The highest BCUT2D eigenvalue weighted by Gasteiger charge is 2.22. The van der Waals surface area contributed by atoms with Crippen molar-refractivity contribution in [3.63, 3.8) is 0 Å². The van der Waals surface area contributed by atoms with Crippen LogP contribution in [0.3, 0.4) is 0 Å². The molecule has 6 heteroatoms. The highest BCUT2D eigenvalue weighted by molar-refractivity contribution is 14.1. The molecule has 0 aliphatic carbocycles. The summed E-state index contributed by atoms with van der Waals surface area (Å²) in [5.41, 5.74) is 0. The van der Waals surface area contributed by atoms with Gasteiger partial charge in [0.25, 0.3) is 5.91 Å². The van der Waals surface area contributed by atoms with E-state index in [1.807, 2.05) is 6.07 Å². The molecule has 0 saturated carbocycles. The predicted molar refractivity (Wildman–Crippen MR) is 62.9 cm³/mol. The number of amides is 1. The maximum absolute atomic E-state index is 11.2. The van der Waals surface area contributed by atoms with Gasteiger partial charge in [0, 0.05) is 6.08 Å². The smallest absolute Gasteiger partial charge is 0.264 e. The van der Waals surface area contributed by atoms with Gasteiger partial charge >= 0.3 is 0 Å². The zero-order valence-electron chi connectivity index (χ0n) is 6.83. The lowest BCUT2D eigenvalue weighted by molar-refractivity contribution is -0.115. The van der Waals surface area contributed by atoms with Crippen LogP contribution in [0.15, 0.2) is 21.5 Å². The minimum atomic E-state index is -0.244. The fraction of sp³-hybridized carbons (Fsp3) is 0. The SMILES string of the molecule is N=C1NC(=O)C(=Cc2ccc(I)o2)S1. The zero-order valence-corrected chi connectivity index (χ0v) is 9.81. The molecule has 0 spiro atoms. The highest BCUT2D eigenvalue weighted by Crippen LogP contribution is 2.25. The molecule has 1 aromatic rings. The summed E-state index contributed by atoms with van der Waals surface area (Å²) in [5, 5.41) is 9.78. The monoisotopic (exact) mass is 320 g/mol. The summed E-state index contributed by atoms with van der Waals surface area (Å²) in [5.74, 6) is 0.383. The van der Waals surface area contributed by atoms with E-state index in [4.69, 9.17) is 9.83 Å². The van der Waals surface area contributed by atoms with Crippen LogP contribution in [-0.4, -0.2) is 11.1 Å². The molecular formula is C8H5IN2O2S. The third kappa shape index (κ3) is 2.01. The molecular weight excluding hydrogens is 315 g/mol. The van der Waals surface area contributed by atoms with Crippen LogP contribution >= 0.6 is 34.4 Å². The second-order valence-corrected chi connectivity index (χ2v) is 4.65. The average molecular weight is 320 g/mol. The molecule has 1 fully saturated rings. The van der Waals surface area contributed by atoms with Crippen LogP contribution in [0.4, 0.5) is 0 Å². The molecule has 1 saturated heterocycles. The quantitative estimate of drug-likeness (QED) is 0.615. The maximum Gasteiger partial charge on any atom is 0.264 e. The van der Waals surface area contributed by atoms with E-state index < -0.39 is 0 Å². The lowest BCUT2D eigenvalue weighted by atomic mass is 10.4. The molecule has 0 aromatic carbocycles. The fourth-order valence-corrected chi connectivity index (χ4v) is 2.09. The van der Waals surface area contributed by atoms with Gasteiger partial charge < -0.3 is 9.73 Å². The normalized spacial score (nSPS) is 19.1. The van der Waals surface area contributed by atoms with Gasteiger partial charge in [-0.15, -0.1) is 0 Å². The first-order chi connectivity index (χ1) is 6.65. The van der Waals surface area contributed by atoms with Crippen molar-refractivity contribution >= 4 is 51.5 Å². The second kappa shape index (κ2) is 3.77. The number of nitrogens with one attached hydrogen (secondary N) is 2. The highest BCUT2D eigenvalue weighted by atomic mass is 127. The predicted octanol–water partition coefficient (Wildman–Crippen LogP) is 2.02. The minimum Gasteiger partial charge on any atom is -0.451 e. The number of furan rings is 1. The molecule has 2 rings (SSSR count). The number of hydrogen-bond donors (Lipinski definition) is 2. The van der Waals surface area contributed by atoms with Crippen LogP contribution in [0.2, 0.25) is 0 Å². The Labute approximate surface area is 97.8 Å². The Bertz CT molecular complexity index is 438. The van der Waals surface area contributed by atoms with Crippen molar-refractivity contribution in [3.8, 4) is 0 Å². The molecule has 0 bridgehead atoms. The molecule has 4 nitrogen and oxygen atoms in total. The minimum absolute atomic E-state index is 0.155. The van der Waals surface area contributed by atoms with E-state index in [0.717, 1.165) is 15.5 Å². The van der Waals surface area contributed by atoms with Gasteiger partial charge in [0.15, 0.2) is 8.93 Å². The summed E-state index contributed by atoms with van der Waals surface area (Å²) in [6.07, 6.45) is 1.63. The van der Waals surface area contributed by atoms with E-state index in [1.54, 1.807) is 12.1 Å². The van der Waals surface area contributed by atoms with Crippen LogP contribution in [0, 0.1) is 9.18 Å². The van der Waals surface area contributed by atoms with Crippen LogP contribution in [0.5, 0.6) is 0 Å². The Morgan fingerprint density at radius 2 is 2.36 bits per heavy atom. The Morgan fingerprint density at radius 3 is 2.86 bits per heavy atom. The van der Waals surface area contributed by atoms with E-state index in [9.17, 15) is 4.79 Å². The Balaban J connectivity index is 2.27. The van der Waals surface area contributed by atoms with Gasteiger partial charge in [-0.25, -0.2) is 0 Å². The number of rotatable bonds is 1. The summed E-state index contributed by atoms with van der Waals surface area (Å²) < 4.78 is 6.05. The second-order valence-electron chi connectivity index (χ2n) is 2.54. The average Bonchev–Trinajstić information content (AvgIpc) is 2.61. The first-order valence-electron chi connectivity index (χ1n) is 3.70. The lowest BCUT2D eigenvalue weighted by Crippen LogP contribution is -2.18. The van der Waals surface area contributed by atoms with Gasteiger partial charge in [-0.05, 0) is 46.5 Å². The van der Waals surface area contributed by atoms with Crippen LogP contribution in [0.25, 0.3) is 6.08 Å². The molecule has 2 heterocycles. The molecule has 1 aliphatic heterocycles. The number of halogens is 1. The fourth-order valence-electron chi connectivity index (χ4n) is 0.977. The third-order valence-electron chi connectivity index (χ3n) is 1.53. The number of thioether (sulfide) groups is 1. The molecule has 0 atom stereocenters. The van der Waals surface area contributed by atoms with Crippen molar-refractivity contribution in [2.45, 2.75) is 0 Å². The van der Waals surface area contributed by atoms with Gasteiger partial charge in [-0.2, -0.15) is 0 Å². The van der Waals surface area contributed by atoms with Gasteiger partial charge in [0.05, 0.1) is 4.91 Å². The summed E-state index contributed by atoms with van der Waals surface area (Å²) in [7, 11) is 0. The van der Waals surface area contributed by atoms with Crippen LogP contribution in [0.1, 0.15) is 5.76 Å². The summed E-state index contributed by atoms with van der Waals surface area (Å²) >= 11 is 3.15. The molecule has 72 valence electrons. The maximum atomic E-state index is 11.2. The first-order valence-corrected chi connectivity index (χ1v) is 5.59. The lowest BCUT2D eigenvalue weighted by Gasteiger charge is -1.88.